The van der Waals surface area contributed by atoms with Crippen LogP contribution in [-0.4, -0.2) is 33.7 Å². The van der Waals surface area contributed by atoms with Gasteiger partial charge in [-0.3, -0.25) is 4.79 Å². The molecule has 0 saturated carbocycles. The Labute approximate surface area is 154 Å². The number of fused-ring (bicyclic) bond motifs is 1. The molecule has 0 saturated heterocycles. The second kappa shape index (κ2) is 7.14. The summed E-state index contributed by atoms with van der Waals surface area (Å²) in [5, 5.41) is 6.53. The van der Waals surface area contributed by atoms with E-state index in [9.17, 15) is 9.18 Å². The number of carbonyl (C=O) groups is 1. The zero-order valence-corrected chi connectivity index (χ0v) is 14.6. The van der Waals surface area contributed by atoms with Gasteiger partial charge in [-0.05, 0) is 12.1 Å². The van der Waals surface area contributed by atoms with Crippen LogP contribution in [0.2, 0.25) is 0 Å². The van der Waals surface area contributed by atoms with E-state index in [0.29, 0.717) is 35.5 Å². The number of hydrogen-bond acceptors (Lipinski definition) is 6. The Morgan fingerprint density at radius 1 is 1.30 bits per heavy atom. The smallest absolute Gasteiger partial charge is 0.273 e. The van der Waals surface area contributed by atoms with Gasteiger partial charge in [0.05, 0.1) is 6.54 Å². The van der Waals surface area contributed by atoms with Crippen LogP contribution in [0.1, 0.15) is 28.7 Å². The van der Waals surface area contributed by atoms with Crippen LogP contribution in [0.5, 0.6) is 5.75 Å². The Morgan fingerprint density at radius 2 is 2.11 bits per heavy atom. The molecular weight excluding hydrogens is 351 g/mol. The van der Waals surface area contributed by atoms with E-state index in [-0.39, 0.29) is 30.1 Å². The third-order valence-corrected chi connectivity index (χ3v) is 4.36. The largest absolute Gasteiger partial charge is 0.487 e. The average molecular weight is 368 g/mol. The van der Waals surface area contributed by atoms with Crippen LogP contribution in [0.4, 0.5) is 4.39 Å². The summed E-state index contributed by atoms with van der Waals surface area (Å²) in [5.74, 6) is 0.562. The normalized spacial score (nSPS) is 15.3. The number of rotatable bonds is 5. The van der Waals surface area contributed by atoms with Crippen LogP contribution in [-0.2, 0) is 12.8 Å². The number of nitrogens with one attached hydrogen (secondary N) is 1. The number of carbonyl (C=O) groups excluding carboxylic acids is 1. The fourth-order valence-corrected chi connectivity index (χ4v) is 3.04. The van der Waals surface area contributed by atoms with Gasteiger partial charge < -0.3 is 14.6 Å². The standard InChI is InChI=1S/C19H17FN4O3/c1-2-14-6-17(24-27-14)19(25)23-9-15-4-11-3-13(20)5-16(18(11)26-15)12-7-21-10-22-8-12/h3,5-8,10,15H,2,4,9H2,1H3,(H,23,25). The maximum atomic E-state index is 14.0. The first-order valence-electron chi connectivity index (χ1n) is 8.62. The van der Waals surface area contributed by atoms with Crippen molar-refractivity contribution in [2.75, 3.05) is 6.54 Å². The van der Waals surface area contributed by atoms with E-state index in [1.807, 2.05) is 6.92 Å². The summed E-state index contributed by atoms with van der Waals surface area (Å²) >= 11 is 0. The van der Waals surface area contributed by atoms with Gasteiger partial charge >= 0.3 is 0 Å². The van der Waals surface area contributed by atoms with Crippen molar-refractivity contribution in [1.82, 2.24) is 20.4 Å². The third-order valence-electron chi connectivity index (χ3n) is 4.36. The van der Waals surface area contributed by atoms with E-state index < -0.39 is 0 Å². The highest BCUT2D eigenvalue weighted by atomic mass is 19.1. The first-order chi connectivity index (χ1) is 13.1. The highest BCUT2D eigenvalue weighted by Gasteiger charge is 2.28. The van der Waals surface area contributed by atoms with Crippen molar-refractivity contribution in [3.05, 3.63) is 59.8 Å². The molecule has 7 nitrogen and oxygen atoms in total. The molecule has 1 aliphatic rings. The van der Waals surface area contributed by atoms with Crippen LogP contribution < -0.4 is 10.1 Å². The lowest BCUT2D eigenvalue weighted by Crippen LogP contribution is -2.34. The van der Waals surface area contributed by atoms with Crippen LogP contribution in [0.3, 0.4) is 0 Å². The number of hydrogen-bond donors (Lipinski definition) is 1. The van der Waals surface area contributed by atoms with Crippen LogP contribution in [0, 0.1) is 5.82 Å². The zero-order valence-electron chi connectivity index (χ0n) is 14.6. The topological polar surface area (TPSA) is 90.1 Å². The van der Waals surface area contributed by atoms with Gasteiger partial charge in [0.15, 0.2) is 5.69 Å². The van der Waals surface area contributed by atoms with Crippen LogP contribution in [0.25, 0.3) is 11.1 Å². The van der Waals surface area contributed by atoms with E-state index in [1.165, 1.54) is 18.5 Å². The van der Waals surface area contributed by atoms with Gasteiger partial charge in [0.25, 0.3) is 5.91 Å². The van der Waals surface area contributed by atoms with Gasteiger partial charge in [0.1, 0.15) is 29.8 Å². The predicted octanol–water partition coefficient (Wildman–Crippen LogP) is 2.57. The van der Waals surface area contributed by atoms with Crippen molar-refractivity contribution in [1.29, 1.82) is 0 Å². The molecule has 0 bridgehead atoms. The zero-order chi connectivity index (χ0) is 18.8. The number of ether oxygens (including phenoxy) is 1. The molecule has 0 aliphatic carbocycles. The summed E-state index contributed by atoms with van der Waals surface area (Å²) in [5.41, 5.74) is 2.26. The van der Waals surface area contributed by atoms with Crippen molar-refractivity contribution in [3.8, 4) is 16.9 Å². The summed E-state index contributed by atoms with van der Waals surface area (Å²) in [7, 11) is 0. The van der Waals surface area contributed by atoms with Crippen molar-refractivity contribution < 1.29 is 18.4 Å². The third kappa shape index (κ3) is 3.51. The molecule has 1 atom stereocenters. The summed E-state index contributed by atoms with van der Waals surface area (Å²) in [6.07, 6.45) is 5.49. The predicted molar refractivity (Wildman–Crippen MR) is 93.8 cm³/mol. The maximum absolute atomic E-state index is 14.0. The molecule has 1 amide bonds. The molecule has 1 aromatic carbocycles. The molecule has 138 valence electrons. The van der Waals surface area contributed by atoms with Crippen LogP contribution in [0.15, 0.2) is 41.4 Å². The average Bonchev–Trinajstić information content (AvgIpc) is 3.32. The van der Waals surface area contributed by atoms with Crippen molar-refractivity contribution in [3.63, 3.8) is 0 Å². The molecule has 3 heterocycles. The highest BCUT2D eigenvalue weighted by Crippen LogP contribution is 2.39. The quantitative estimate of drug-likeness (QED) is 0.744. The molecule has 3 aromatic rings. The minimum absolute atomic E-state index is 0.232. The number of nitrogens with zero attached hydrogens (tertiary/aromatic N) is 3. The molecule has 27 heavy (non-hydrogen) atoms. The second-order valence-electron chi connectivity index (χ2n) is 6.25. The fourth-order valence-electron chi connectivity index (χ4n) is 3.04. The maximum Gasteiger partial charge on any atom is 0.273 e. The fraction of sp³-hybridized carbons (Fsp3) is 0.263. The molecule has 1 aliphatic heterocycles. The minimum atomic E-state index is -0.351. The van der Waals surface area contributed by atoms with Gasteiger partial charge in [0, 0.05) is 48.0 Å². The molecule has 4 rings (SSSR count). The number of amides is 1. The van der Waals surface area contributed by atoms with E-state index >= 15 is 0 Å². The van der Waals surface area contributed by atoms with Gasteiger partial charge in [-0.2, -0.15) is 0 Å². The van der Waals surface area contributed by atoms with Gasteiger partial charge in [0.2, 0.25) is 0 Å². The monoisotopic (exact) mass is 368 g/mol. The van der Waals surface area contributed by atoms with Crippen molar-refractivity contribution in [2.24, 2.45) is 0 Å². The first-order valence-corrected chi connectivity index (χ1v) is 8.62. The van der Waals surface area contributed by atoms with E-state index in [4.69, 9.17) is 9.26 Å². The Bertz CT molecular complexity index is 974. The molecular formula is C19H17FN4O3. The lowest BCUT2D eigenvalue weighted by molar-refractivity contribution is 0.0924. The molecule has 0 radical (unpaired) electrons. The SMILES string of the molecule is CCc1cc(C(=O)NCC2Cc3cc(F)cc(-c4cncnc4)c3O2)no1. The number of aryl methyl sites for hydroxylation is 1. The Morgan fingerprint density at radius 3 is 2.85 bits per heavy atom. The van der Waals surface area contributed by atoms with Crippen molar-refractivity contribution in [2.45, 2.75) is 25.9 Å². The Hall–Kier alpha value is -3.29. The first kappa shape index (κ1) is 17.1. The summed E-state index contributed by atoms with van der Waals surface area (Å²) in [4.78, 5) is 20.1. The summed E-state index contributed by atoms with van der Waals surface area (Å²) < 4.78 is 25.0. The van der Waals surface area contributed by atoms with Gasteiger partial charge in [-0.1, -0.05) is 12.1 Å². The lowest BCUT2D eigenvalue weighted by atomic mass is 10.0. The van der Waals surface area contributed by atoms with E-state index in [2.05, 4.69) is 20.4 Å². The van der Waals surface area contributed by atoms with Crippen molar-refractivity contribution >= 4 is 5.91 Å². The Balaban J connectivity index is 1.47. The van der Waals surface area contributed by atoms with Gasteiger partial charge in [-0.25, -0.2) is 14.4 Å². The molecule has 1 N–H and O–H groups in total. The Kier molecular flexibility index (Phi) is 4.53. The molecule has 1 unspecified atom stereocenters. The number of benzene rings is 1. The number of halogens is 1. The number of aromatic nitrogens is 3. The second-order valence-corrected chi connectivity index (χ2v) is 6.25. The highest BCUT2D eigenvalue weighted by molar-refractivity contribution is 5.92. The van der Waals surface area contributed by atoms with Gasteiger partial charge in [-0.15, -0.1) is 0 Å². The minimum Gasteiger partial charge on any atom is -0.487 e. The summed E-state index contributed by atoms with van der Waals surface area (Å²) in [6.45, 7) is 2.19. The molecule has 2 aromatic heterocycles. The lowest BCUT2D eigenvalue weighted by Gasteiger charge is -2.13. The molecule has 8 heteroatoms. The molecule has 0 spiro atoms. The molecule has 0 fully saturated rings. The van der Waals surface area contributed by atoms with Crippen LogP contribution >= 0.6 is 0 Å². The summed E-state index contributed by atoms with van der Waals surface area (Å²) in [6, 6.07) is 4.47. The van der Waals surface area contributed by atoms with E-state index in [1.54, 1.807) is 18.5 Å². The van der Waals surface area contributed by atoms with E-state index in [0.717, 1.165) is 5.56 Å².